The maximum atomic E-state index is 13.7. The number of nitrogens with one attached hydrogen (secondary N) is 2. The summed E-state index contributed by atoms with van der Waals surface area (Å²) in [7, 11) is 1.01. The van der Waals surface area contributed by atoms with Crippen LogP contribution in [0.1, 0.15) is 32.4 Å². The summed E-state index contributed by atoms with van der Waals surface area (Å²) < 4.78 is 91.8. The number of methoxy groups -OCH3 is 1. The number of rotatable bonds is 8. The van der Waals surface area contributed by atoms with Crippen molar-refractivity contribution in [2.24, 2.45) is 5.92 Å². The summed E-state index contributed by atoms with van der Waals surface area (Å²) in [6.07, 6.45) is -15.7. The zero-order valence-electron chi connectivity index (χ0n) is 18.0. The number of halogens is 6. The molecule has 7 nitrogen and oxygen atoms in total. The van der Waals surface area contributed by atoms with Gasteiger partial charge in [-0.15, -0.1) is 0 Å². The minimum absolute atomic E-state index is 0.0113. The van der Waals surface area contributed by atoms with Gasteiger partial charge in [-0.05, 0) is 30.5 Å². The van der Waals surface area contributed by atoms with Crippen molar-refractivity contribution < 1.29 is 50.1 Å². The first-order valence-electron chi connectivity index (χ1n) is 9.58. The third-order valence-corrected chi connectivity index (χ3v) is 4.39. The molecule has 2 atom stereocenters. The molecule has 0 saturated carbocycles. The van der Waals surface area contributed by atoms with Crippen LogP contribution in [0.2, 0.25) is 0 Å². The molecule has 1 aliphatic heterocycles. The average molecular weight is 484 g/mol. The van der Waals surface area contributed by atoms with E-state index in [2.05, 4.69) is 15.4 Å². The molecule has 2 rings (SSSR count). The number of alkyl halides is 6. The summed E-state index contributed by atoms with van der Waals surface area (Å²) in [5, 5.41) is 4.90. The van der Waals surface area contributed by atoms with Gasteiger partial charge < -0.3 is 24.8 Å². The first kappa shape index (κ1) is 26.1. The van der Waals surface area contributed by atoms with E-state index in [4.69, 9.17) is 9.47 Å². The fourth-order valence-corrected chi connectivity index (χ4v) is 2.87. The number of benzene rings is 1. The predicted molar refractivity (Wildman–Crippen MR) is 102 cm³/mol. The zero-order valence-corrected chi connectivity index (χ0v) is 18.0. The number of amides is 2. The van der Waals surface area contributed by atoms with Gasteiger partial charge in [-0.1, -0.05) is 19.9 Å². The number of urea groups is 1. The lowest BCUT2D eigenvalue weighted by atomic mass is 9.95. The standard InChI is InChI=1S/C20H22F6N2O5/c1-9(2)8-32-16(29)14-10(3)27-18(30)28-15(14)11-5-6-12(13(7-11)31-4)33-20(25,26)17(21)19(22,23)24/h5-7,9,15,17H,8H2,1-4H3,(H2,27,28,30)/t15-,17+/m1/s1. The first-order chi connectivity index (χ1) is 15.2. The highest BCUT2D eigenvalue weighted by Crippen LogP contribution is 2.41. The van der Waals surface area contributed by atoms with Crippen molar-refractivity contribution in [3.05, 3.63) is 35.0 Å². The molecule has 1 aromatic carbocycles. The van der Waals surface area contributed by atoms with E-state index in [0.717, 1.165) is 25.3 Å². The van der Waals surface area contributed by atoms with Crippen LogP contribution >= 0.6 is 0 Å². The van der Waals surface area contributed by atoms with Crippen molar-refractivity contribution in [1.82, 2.24) is 10.6 Å². The number of carbonyl (C=O) groups excluding carboxylic acids is 2. The molecule has 33 heavy (non-hydrogen) atoms. The van der Waals surface area contributed by atoms with Crippen LogP contribution in [0.15, 0.2) is 29.5 Å². The molecule has 1 heterocycles. The maximum absolute atomic E-state index is 13.7. The Kier molecular flexibility index (Phi) is 7.75. The second-order valence-corrected chi connectivity index (χ2v) is 7.54. The summed E-state index contributed by atoms with van der Waals surface area (Å²) in [5.74, 6) is -2.10. The third-order valence-electron chi connectivity index (χ3n) is 4.39. The lowest BCUT2D eigenvalue weighted by Gasteiger charge is -2.29. The third kappa shape index (κ3) is 6.23. The number of hydrogen-bond acceptors (Lipinski definition) is 5. The second-order valence-electron chi connectivity index (χ2n) is 7.54. The van der Waals surface area contributed by atoms with Gasteiger partial charge in [-0.3, -0.25) is 0 Å². The van der Waals surface area contributed by atoms with Crippen LogP contribution in [0.3, 0.4) is 0 Å². The SMILES string of the molecule is COc1cc([C@H]2NC(=O)NC(C)=C2C(=O)OCC(C)C)ccc1OC(F)(F)[C@@H](F)C(F)(F)F. The van der Waals surface area contributed by atoms with E-state index in [-0.39, 0.29) is 29.4 Å². The Morgan fingerprint density at radius 3 is 2.33 bits per heavy atom. The fourth-order valence-electron chi connectivity index (χ4n) is 2.87. The minimum atomic E-state index is -5.86. The molecule has 0 fully saturated rings. The first-order valence-corrected chi connectivity index (χ1v) is 9.58. The fraction of sp³-hybridized carbons (Fsp3) is 0.500. The lowest BCUT2D eigenvalue weighted by molar-refractivity contribution is -0.305. The van der Waals surface area contributed by atoms with Crippen LogP contribution in [0.25, 0.3) is 0 Å². The Morgan fingerprint density at radius 2 is 1.79 bits per heavy atom. The highest BCUT2D eigenvalue weighted by molar-refractivity contribution is 5.95. The molecule has 2 N–H and O–H groups in total. The molecule has 0 aliphatic carbocycles. The van der Waals surface area contributed by atoms with Crippen molar-refractivity contribution in [3.63, 3.8) is 0 Å². The molecule has 1 aliphatic rings. The highest BCUT2D eigenvalue weighted by atomic mass is 19.4. The van der Waals surface area contributed by atoms with Gasteiger partial charge in [0.15, 0.2) is 11.5 Å². The molecule has 0 unspecified atom stereocenters. The number of hydrogen-bond donors (Lipinski definition) is 2. The smallest absolute Gasteiger partial charge is 0.439 e. The molecule has 2 amide bonds. The predicted octanol–water partition coefficient (Wildman–Crippen LogP) is 4.39. The molecule has 0 aromatic heterocycles. The van der Waals surface area contributed by atoms with Crippen molar-refractivity contribution in [1.29, 1.82) is 0 Å². The Morgan fingerprint density at radius 1 is 1.15 bits per heavy atom. The van der Waals surface area contributed by atoms with E-state index in [9.17, 15) is 35.9 Å². The van der Waals surface area contributed by atoms with E-state index in [0.29, 0.717) is 0 Å². The summed E-state index contributed by atoms with van der Waals surface area (Å²) in [6, 6.07) is 1.20. The largest absolute Gasteiger partial charge is 0.493 e. The van der Waals surface area contributed by atoms with E-state index in [1.54, 1.807) is 0 Å². The Hall–Kier alpha value is -3.12. The van der Waals surface area contributed by atoms with E-state index in [1.807, 2.05) is 13.8 Å². The van der Waals surface area contributed by atoms with Crippen molar-refractivity contribution in [2.75, 3.05) is 13.7 Å². The van der Waals surface area contributed by atoms with Gasteiger partial charge in [0.05, 0.1) is 25.3 Å². The molecular formula is C20H22F6N2O5. The van der Waals surface area contributed by atoms with Gasteiger partial charge in [0, 0.05) is 5.70 Å². The number of allylic oxidation sites excluding steroid dienone is 1. The minimum Gasteiger partial charge on any atom is -0.493 e. The second kappa shape index (κ2) is 9.79. The number of carbonyl (C=O) groups is 2. The van der Waals surface area contributed by atoms with Gasteiger partial charge in [-0.25, -0.2) is 14.0 Å². The summed E-state index contributed by atoms with van der Waals surface area (Å²) >= 11 is 0. The van der Waals surface area contributed by atoms with Crippen molar-refractivity contribution in [3.8, 4) is 11.5 Å². The van der Waals surface area contributed by atoms with Crippen molar-refractivity contribution >= 4 is 12.0 Å². The summed E-state index contributed by atoms with van der Waals surface area (Å²) in [6.45, 7) is 5.16. The topological polar surface area (TPSA) is 85.9 Å². The molecule has 0 bridgehead atoms. The summed E-state index contributed by atoms with van der Waals surface area (Å²) in [5.41, 5.74) is 0.326. The van der Waals surface area contributed by atoms with Crippen LogP contribution in [0.4, 0.5) is 31.1 Å². The maximum Gasteiger partial charge on any atom is 0.439 e. The molecule has 0 radical (unpaired) electrons. The van der Waals surface area contributed by atoms with Gasteiger partial charge in [0.25, 0.3) is 6.17 Å². The summed E-state index contributed by atoms with van der Waals surface area (Å²) in [4.78, 5) is 24.6. The van der Waals surface area contributed by atoms with Gasteiger partial charge in [0.1, 0.15) is 0 Å². The van der Waals surface area contributed by atoms with Crippen LogP contribution in [-0.2, 0) is 9.53 Å². The van der Waals surface area contributed by atoms with Crippen LogP contribution in [-0.4, -0.2) is 44.2 Å². The Balaban J connectivity index is 2.40. The molecule has 0 saturated heterocycles. The van der Waals surface area contributed by atoms with E-state index in [1.165, 1.54) is 6.92 Å². The number of esters is 1. The van der Waals surface area contributed by atoms with Gasteiger partial charge in [0.2, 0.25) is 0 Å². The van der Waals surface area contributed by atoms with E-state index >= 15 is 0 Å². The molecule has 184 valence electrons. The van der Waals surface area contributed by atoms with E-state index < -0.39 is 48.0 Å². The average Bonchev–Trinajstić information content (AvgIpc) is 2.70. The Bertz CT molecular complexity index is 932. The monoisotopic (exact) mass is 484 g/mol. The zero-order chi connectivity index (χ0) is 25.1. The van der Waals surface area contributed by atoms with Crippen LogP contribution < -0.4 is 20.1 Å². The lowest BCUT2D eigenvalue weighted by Crippen LogP contribution is -2.46. The molecular weight excluding hydrogens is 462 g/mol. The molecule has 1 aromatic rings. The van der Waals surface area contributed by atoms with Crippen LogP contribution in [0, 0.1) is 5.92 Å². The van der Waals surface area contributed by atoms with Gasteiger partial charge in [-0.2, -0.15) is 22.0 Å². The normalized spacial score (nSPS) is 17.9. The highest BCUT2D eigenvalue weighted by Gasteiger charge is 2.59. The van der Waals surface area contributed by atoms with Crippen molar-refractivity contribution in [2.45, 2.75) is 45.3 Å². The number of ether oxygens (including phenoxy) is 3. The molecule has 0 spiro atoms. The Labute approximate surface area is 185 Å². The van der Waals surface area contributed by atoms with Gasteiger partial charge >= 0.3 is 24.3 Å². The quantitative estimate of drug-likeness (QED) is 0.422. The molecule has 13 heteroatoms. The van der Waals surface area contributed by atoms with Crippen LogP contribution in [0.5, 0.6) is 11.5 Å².